The van der Waals surface area contributed by atoms with Crippen LogP contribution in [-0.4, -0.2) is 20.4 Å². The molecule has 0 spiro atoms. The standard InChI is InChI=1S/C15H14Cl2N2O2S/c1-10(11-3-6-13(7-4-11)22(2,20)21)18-19-12-5-8-14(16)15(17)9-12/h3-9,19H,1-2H3/b18-10-. The molecule has 7 heteroatoms. The van der Waals surface area contributed by atoms with E-state index in [4.69, 9.17) is 23.2 Å². The minimum Gasteiger partial charge on any atom is -0.278 e. The van der Waals surface area contributed by atoms with Gasteiger partial charge in [0.25, 0.3) is 0 Å². The van der Waals surface area contributed by atoms with Gasteiger partial charge in [0.2, 0.25) is 0 Å². The molecule has 2 aromatic carbocycles. The third kappa shape index (κ3) is 4.22. The molecule has 0 amide bonds. The highest BCUT2D eigenvalue weighted by Gasteiger charge is 2.07. The van der Waals surface area contributed by atoms with Gasteiger partial charge in [-0.15, -0.1) is 0 Å². The van der Waals surface area contributed by atoms with Crippen molar-refractivity contribution < 1.29 is 8.42 Å². The topological polar surface area (TPSA) is 58.5 Å². The zero-order valence-corrected chi connectivity index (χ0v) is 14.3. The summed E-state index contributed by atoms with van der Waals surface area (Å²) in [4.78, 5) is 0.279. The van der Waals surface area contributed by atoms with Crippen LogP contribution in [0.15, 0.2) is 52.5 Å². The lowest BCUT2D eigenvalue weighted by molar-refractivity contribution is 0.602. The Balaban J connectivity index is 2.16. The Morgan fingerprint density at radius 3 is 2.23 bits per heavy atom. The maximum atomic E-state index is 11.4. The fraction of sp³-hybridized carbons (Fsp3) is 0.133. The molecule has 0 aliphatic rings. The average molecular weight is 357 g/mol. The molecule has 0 heterocycles. The van der Waals surface area contributed by atoms with Gasteiger partial charge in [0.05, 0.1) is 26.3 Å². The molecule has 0 aromatic heterocycles. The van der Waals surface area contributed by atoms with E-state index in [9.17, 15) is 8.42 Å². The summed E-state index contributed by atoms with van der Waals surface area (Å²) in [5, 5.41) is 5.16. The largest absolute Gasteiger partial charge is 0.278 e. The van der Waals surface area contributed by atoms with E-state index in [0.29, 0.717) is 21.4 Å². The lowest BCUT2D eigenvalue weighted by Crippen LogP contribution is -2.01. The number of benzene rings is 2. The molecule has 2 rings (SSSR count). The third-order valence-corrected chi connectivity index (χ3v) is 4.84. The van der Waals surface area contributed by atoms with E-state index < -0.39 is 9.84 Å². The monoisotopic (exact) mass is 356 g/mol. The average Bonchev–Trinajstić information content (AvgIpc) is 2.47. The maximum absolute atomic E-state index is 11.4. The van der Waals surface area contributed by atoms with Gasteiger partial charge < -0.3 is 0 Å². The van der Waals surface area contributed by atoms with Crippen LogP contribution in [0.3, 0.4) is 0 Å². The van der Waals surface area contributed by atoms with E-state index in [1.54, 1.807) is 42.5 Å². The molecule has 2 aromatic rings. The van der Waals surface area contributed by atoms with Gasteiger partial charge in [0.1, 0.15) is 0 Å². The van der Waals surface area contributed by atoms with E-state index >= 15 is 0 Å². The smallest absolute Gasteiger partial charge is 0.175 e. The second kappa shape index (κ2) is 6.69. The van der Waals surface area contributed by atoms with Crippen molar-refractivity contribution in [1.82, 2.24) is 0 Å². The van der Waals surface area contributed by atoms with Crippen LogP contribution in [0.4, 0.5) is 5.69 Å². The third-order valence-electron chi connectivity index (χ3n) is 2.97. The van der Waals surface area contributed by atoms with Crippen molar-refractivity contribution in [3.63, 3.8) is 0 Å². The van der Waals surface area contributed by atoms with Gasteiger partial charge in [-0.2, -0.15) is 5.10 Å². The summed E-state index contributed by atoms with van der Waals surface area (Å²) in [6.45, 7) is 1.82. The predicted octanol–water partition coefficient (Wildman–Crippen LogP) is 4.23. The number of hydrazone groups is 1. The summed E-state index contributed by atoms with van der Waals surface area (Å²) < 4.78 is 22.8. The van der Waals surface area contributed by atoms with Crippen molar-refractivity contribution in [2.24, 2.45) is 5.10 Å². The molecule has 0 aliphatic carbocycles. The second-order valence-electron chi connectivity index (χ2n) is 4.73. The molecular formula is C15H14Cl2N2O2S. The molecule has 22 heavy (non-hydrogen) atoms. The second-order valence-corrected chi connectivity index (χ2v) is 7.56. The summed E-state index contributed by atoms with van der Waals surface area (Å²) in [6, 6.07) is 11.7. The van der Waals surface area contributed by atoms with Crippen molar-refractivity contribution in [1.29, 1.82) is 0 Å². The highest BCUT2D eigenvalue weighted by atomic mass is 35.5. The highest BCUT2D eigenvalue weighted by Crippen LogP contribution is 2.25. The summed E-state index contributed by atoms with van der Waals surface area (Å²) in [7, 11) is -3.19. The van der Waals surface area contributed by atoms with E-state index in [1.807, 2.05) is 6.92 Å². The number of sulfone groups is 1. The highest BCUT2D eigenvalue weighted by molar-refractivity contribution is 7.90. The van der Waals surface area contributed by atoms with Gasteiger partial charge in [-0.05, 0) is 42.8 Å². The zero-order chi connectivity index (χ0) is 16.3. The van der Waals surface area contributed by atoms with Crippen LogP contribution in [0, 0.1) is 0 Å². The Bertz CT molecular complexity index is 816. The van der Waals surface area contributed by atoms with Crippen LogP contribution in [0.25, 0.3) is 0 Å². The zero-order valence-electron chi connectivity index (χ0n) is 12.0. The van der Waals surface area contributed by atoms with E-state index in [2.05, 4.69) is 10.5 Å². The summed E-state index contributed by atoms with van der Waals surface area (Å²) >= 11 is 11.8. The van der Waals surface area contributed by atoms with Crippen LogP contribution in [0.2, 0.25) is 10.0 Å². The molecule has 0 aliphatic heterocycles. The number of rotatable bonds is 4. The predicted molar refractivity (Wildman–Crippen MR) is 91.8 cm³/mol. The number of halogens is 2. The SMILES string of the molecule is C/C(=N/Nc1ccc(Cl)c(Cl)c1)c1ccc(S(C)(=O)=O)cc1. The Kier molecular flexibility index (Phi) is 5.11. The van der Waals surface area contributed by atoms with Gasteiger partial charge in [-0.3, -0.25) is 5.43 Å². The van der Waals surface area contributed by atoms with E-state index in [0.717, 1.165) is 5.56 Å². The van der Waals surface area contributed by atoms with Crippen LogP contribution in [-0.2, 0) is 9.84 Å². The minimum atomic E-state index is -3.19. The van der Waals surface area contributed by atoms with Crippen LogP contribution in [0.1, 0.15) is 12.5 Å². The Morgan fingerprint density at radius 2 is 1.68 bits per heavy atom. The number of hydrogen-bond donors (Lipinski definition) is 1. The minimum absolute atomic E-state index is 0.279. The first-order valence-corrected chi connectivity index (χ1v) is 8.98. The molecule has 116 valence electrons. The molecule has 0 saturated carbocycles. The molecule has 1 N–H and O–H groups in total. The van der Waals surface area contributed by atoms with Crippen LogP contribution in [0.5, 0.6) is 0 Å². The number of anilines is 1. The fourth-order valence-electron chi connectivity index (χ4n) is 1.72. The summed E-state index contributed by atoms with van der Waals surface area (Å²) in [5.41, 5.74) is 5.13. The lowest BCUT2D eigenvalue weighted by Gasteiger charge is -2.05. The normalized spacial score (nSPS) is 12.3. The van der Waals surface area contributed by atoms with Crippen molar-refractivity contribution in [2.75, 3.05) is 11.7 Å². The van der Waals surface area contributed by atoms with Crippen LogP contribution < -0.4 is 5.43 Å². The fourth-order valence-corrected chi connectivity index (χ4v) is 2.65. The first-order chi connectivity index (χ1) is 10.3. The van der Waals surface area contributed by atoms with E-state index in [1.165, 1.54) is 6.26 Å². The molecule has 0 fully saturated rings. The molecule has 0 saturated heterocycles. The van der Waals surface area contributed by atoms with Crippen LogP contribution >= 0.6 is 23.2 Å². The summed E-state index contributed by atoms with van der Waals surface area (Å²) in [6.07, 6.45) is 1.18. The van der Waals surface area contributed by atoms with Crippen molar-refractivity contribution in [3.05, 3.63) is 58.1 Å². The molecule has 0 unspecified atom stereocenters. The van der Waals surface area contributed by atoms with Gasteiger partial charge in [-0.25, -0.2) is 8.42 Å². The van der Waals surface area contributed by atoms with Gasteiger partial charge >= 0.3 is 0 Å². The van der Waals surface area contributed by atoms with Crippen molar-refractivity contribution >= 4 is 44.4 Å². The molecule has 0 bridgehead atoms. The van der Waals surface area contributed by atoms with Gasteiger partial charge in [0, 0.05) is 6.26 Å². The summed E-state index contributed by atoms with van der Waals surface area (Å²) in [5.74, 6) is 0. The molecular weight excluding hydrogens is 343 g/mol. The number of nitrogens with one attached hydrogen (secondary N) is 1. The molecule has 0 radical (unpaired) electrons. The van der Waals surface area contributed by atoms with Crippen molar-refractivity contribution in [3.8, 4) is 0 Å². The van der Waals surface area contributed by atoms with Gasteiger partial charge in [-0.1, -0.05) is 35.3 Å². The lowest BCUT2D eigenvalue weighted by atomic mass is 10.1. The van der Waals surface area contributed by atoms with Gasteiger partial charge in [0.15, 0.2) is 9.84 Å². The Morgan fingerprint density at radius 1 is 1.05 bits per heavy atom. The maximum Gasteiger partial charge on any atom is 0.175 e. The van der Waals surface area contributed by atoms with Crippen molar-refractivity contribution in [2.45, 2.75) is 11.8 Å². The quantitative estimate of drug-likeness (QED) is 0.658. The first-order valence-electron chi connectivity index (χ1n) is 6.33. The Hall–Kier alpha value is -1.56. The molecule has 0 atom stereocenters. The number of hydrogen-bond acceptors (Lipinski definition) is 4. The number of nitrogens with zero attached hydrogens (tertiary/aromatic N) is 1. The van der Waals surface area contributed by atoms with E-state index in [-0.39, 0.29) is 4.90 Å². The molecule has 4 nitrogen and oxygen atoms in total. The Labute approximate surface area is 139 Å². The first kappa shape index (κ1) is 16.8.